The molecule has 0 saturated carbocycles. The number of hydrogen-bond acceptors (Lipinski definition) is 2. The van der Waals surface area contributed by atoms with E-state index >= 15 is 0 Å². The van der Waals surface area contributed by atoms with Crippen molar-refractivity contribution in [3.05, 3.63) is 33.8 Å². The number of hydrogen-bond donors (Lipinski definition) is 1. The number of halogens is 1. The number of benzene rings is 1. The Labute approximate surface area is 124 Å². The second-order valence-electron chi connectivity index (χ2n) is 5.15. The maximum Gasteiger partial charge on any atom is 0.251 e. The van der Waals surface area contributed by atoms with Gasteiger partial charge in [0, 0.05) is 22.6 Å². The Morgan fingerprint density at radius 3 is 2.68 bits per heavy atom. The summed E-state index contributed by atoms with van der Waals surface area (Å²) in [5, 5.41) is 2.96. The number of rotatable bonds is 6. The number of aryl methyl sites for hydroxylation is 1. The first-order valence-corrected chi connectivity index (χ1v) is 7.45. The summed E-state index contributed by atoms with van der Waals surface area (Å²) in [5.41, 5.74) is 1.80. The van der Waals surface area contributed by atoms with E-state index in [2.05, 4.69) is 47.0 Å². The minimum absolute atomic E-state index is 0.00259. The van der Waals surface area contributed by atoms with Crippen LogP contribution in [-0.2, 0) is 0 Å². The smallest absolute Gasteiger partial charge is 0.251 e. The van der Waals surface area contributed by atoms with Gasteiger partial charge in [-0.05, 0) is 64.5 Å². The van der Waals surface area contributed by atoms with Crippen molar-refractivity contribution in [1.82, 2.24) is 10.2 Å². The first-order chi connectivity index (χ1) is 8.91. The third-order valence-corrected chi connectivity index (χ3v) is 4.16. The van der Waals surface area contributed by atoms with E-state index in [4.69, 9.17) is 0 Å². The molecule has 4 heteroatoms. The van der Waals surface area contributed by atoms with Crippen molar-refractivity contribution in [3.63, 3.8) is 0 Å². The highest BCUT2D eigenvalue weighted by Crippen LogP contribution is 2.16. The number of carbonyl (C=O) groups is 1. The molecule has 19 heavy (non-hydrogen) atoms. The van der Waals surface area contributed by atoms with Crippen LogP contribution in [0.2, 0.25) is 0 Å². The molecule has 0 bridgehead atoms. The fraction of sp³-hybridized carbons (Fsp3) is 0.533. The van der Waals surface area contributed by atoms with Crippen molar-refractivity contribution in [2.24, 2.45) is 0 Å². The van der Waals surface area contributed by atoms with Crippen LogP contribution in [0, 0.1) is 6.92 Å². The zero-order valence-electron chi connectivity index (χ0n) is 12.2. The topological polar surface area (TPSA) is 32.3 Å². The summed E-state index contributed by atoms with van der Waals surface area (Å²) in [6.07, 6.45) is 0.968. The van der Waals surface area contributed by atoms with Gasteiger partial charge in [-0.2, -0.15) is 0 Å². The highest BCUT2D eigenvalue weighted by Gasteiger charge is 2.07. The second kappa shape index (κ2) is 7.65. The lowest BCUT2D eigenvalue weighted by Gasteiger charge is -2.20. The fourth-order valence-corrected chi connectivity index (χ4v) is 1.92. The lowest BCUT2D eigenvalue weighted by Crippen LogP contribution is -2.31. The van der Waals surface area contributed by atoms with Gasteiger partial charge in [0.1, 0.15) is 0 Å². The Balaban J connectivity index is 2.37. The van der Waals surface area contributed by atoms with Gasteiger partial charge in [0.05, 0.1) is 0 Å². The summed E-state index contributed by atoms with van der Waals surface area (Å²) in [7, 11) is 2.10. The molecule has 0 atom stereocenters. The van der Waals surface area contributed by atoms with Crippen LogP contribution < -0.4 is 5.32 Å². The average molecular weight is 327 g/mol. The highest BCUT2D eigenvalue weighted by atomic mass is 79.9. The lowest BCUT2D eigenvalue weighted by atomic mass is 10.1. The minimum atomic E-state index is 0.00259. The molecule has 1 aromatic carbocycles. The molecule has 0 heterocycles. The molecule has 1 amide bonds. The quantitative estimate of drug-likeness (QED) is 0.814. The fourth-order valence-electron chi connectivity index (χ4n) is 1.68. The molecule has 0 fully saturated rings. The standard InChI is InChI=1S/C15H23BrN2O/c1-11(2)18(4)9-5-8-17-15(19)13-6-7-14(16)12(3)10-13/h6-7,10-11H,5,8-9H2,1-4H3,(H,17,19). The van der Waals surface area contributed by atoms with Crippen molar-refractivity contribution < 1.29 is 4.79 Å². The van der Waals surface area contributed by atoms with Gasteiger partial charge < -0.3 is 10.2 Å². The van der Waals surface area contributed by atoms with E-state index in [1.165, 1.54) is 0 Å². The average Bonchev–Trinajstić information content (AvgIpc) is 2.37. The zero-order valence-corrected chi connectivity index (χ0v) is 13.8. The van der Waals surface area contributed by atoms with Crippen molar-refractivity contribution in [3.8, 4) is 0 Å². The predicted octanol–water partition coefficient (Wildman–Crippen LogP) is 3.22. The summed E-state index contributed by atoms with van der Waals surface area (Å²) in [4.78, 5) is 14.2. The number of carbonyl (C=O) groups excluding carboxylic acids is 1. The molecular formula is C15H23BrN2O. The zero-order chi connectivity index (χ0) is 14.4. The predicted molar refractivity (Wildman–Crippen MR) is 83.6 cm³/mol. The molecule has 0 aliphatic rings. The molecule has 0 spiro atoms. The second-order valence-corrected chi connectivity index (χ2v) is 6.00. The van der Waals surface area contributed by atoms with Crippen LogP contribution in [0.15, 0.2) is 22.7 Å². The van der Waals surface area contributed by atoms with Crippen LogP contribution >= 0.6 is 15.9 Å². The van der Waals surface area contributed by atoms with E-state index in [1.807, 2.05) is 25.1 Å². The van der Waals surface area contributed by atoms with Crippen LogP contribution in [0.3, 0.4) is 0 Å². The Morgan fingerprint density at radius 1 is 1.42 bits per heavy atom. The normalized spacial score (nSPS) is 11.1. The van der Waals surface area contributed by atoms with Crippen LogP contribution in [-0.4, -0.2) is 37.0 Å². The van der Waals surface area contributed by atoms with Crippen molar-refractivity contribution in [1.29, 1.82) is 0 Å². The van der Waals surface area contributed by atoms with E-state index in [0.29, 0.717) is 12.6 Å². The van der Waals surface area contributed by atoms with Gasteiger partial charge >= 0.3 is 0 Å². The molecular weight excluding hydrogens is 304 g/mol. The molecule has 1 N–H and O–H groups in total. The van der Waals surface area contributed by atoms with Gasteiger partial charge in [0.25, 0.3) is 5.91 Å². The number of amides is 1. The maximum absolute atomic E-state index is 11.9. The van der Waals surface area contributed by atoms with Crippen LogP contribution in [0.1, 0.15) is 36.2 Å². The molecule has 3 nitrogen and oxygen atoms in total. The Kier molecular flexibility index (Phi) is 6.52. The summed E-state index contributed by atoms with van der Waals surface area (Å²) in [6.45, 7) is 8.03. The molecule has 0 radical (unpaired) electrons. The molecule has 0 unspecified atom stereocenters. The van der Waals surface area contributed by atoms with Crippen LogP contribution in [0.4, 0.5) is 0 Å². The monoisotopic (exact) mass is 326 g/mol. The summed E-state index contributed by atoms with van der Waals surface area (Å²) in [6, 6.07) is 6.20. The number of nitrogens with zero attached hydrogens (tertiary/aromatic N) is 1. The first-order valence-electron chi connectivity index (χ1n) is 6.66. The van der Waals surface area contributed by atoms with E-state index in [-0.39, 0.29) is 5.91 Å². The van der Waals surface area contributed by atoms with Gasteiger partial charge in [-0.25, -0.2) is 0 Å². The summed E-state index contributed by atoms with van der Waals surface area (Å²) >= 11 is 3.43. The SMILES string of the molecule is Cc1cc(C(=O)NCCCN(C)C(C)C)ccc1Br. The molecule has 106 valence electrons. The van der Waals surface area contributed by atoms with E-state index < -0.39 is 0 Å². The Bertz CT molecular complexity index is 432. The van der Waals surface area contributed by atoms with Gasteiger partial charge in [-0.1, -0.05) is 15.9 Å². The van der Waals surface area contributed by atoms with Gasteiger partial charge in [0.2, 0.25) is 0 Å². The maximum atomic E-state index is 11.9. The molecule has 0 aromatic heterocycles. The molecule has 0 aliphatic heterocycles. The summed E-state index contributed by atoms with van der Waals surface area (Å²) in [5.74, 6) is 0.00259. The third kappa shape index (κ3) is 5.33. The largest absolute Gasteiger partial charge is 0.352 e. The third-order valence-electron chi connectivity index (χ3n) is 3.27. The highest BCUT2D eigenvalue weighted by molar-refractivity contribution is 9.10. The Hall–Kier alpha value is -0.870. The van der Waals surface area contributed by atoms with Gasteiger partial charge in [-0.3, -0.25) is 4.79 Å². The van der Waals surface area contributed by atoms with Crippen LogP contribution in [0.5, 0.6) is 0 Å². The molecule has 0 aliphatic carbocycles. The van der Waals surface area contributed by atoms with Crippen molar-refractivity contribution in [2.75, 3.05) is 20.1 Å². The van der Waals surface area contributed by atoms with E-state index in [0.717, 1.165) is 28.6 Å². The van der Waals surface area contributed by atoms with Crippen molar-refractivity contribution in [2.45, 2.75) is 33.2 Å². The van der Waals surface area contributed by atoms with Gasteiger partial charge in [-0.15, -0.1) is 0 Å². The molecule has 1 aromatic rings. The van der Waals surface area contributed by atoms with Gasteiger partial charge in [0.15, 0.2) is 0 Å². The minimum Gasteiger partial charge on any atom is -0.352 e. The molecule has 0 saturated heterocycles. The lowest BCUT2D eigenvalue weighted by molar-refractivity contribution is 0.0951. The number of nitrogens with one attached hydrogen (secondary N) is 1. The van der Waals surface area contributed by atoms with E-state index in [1.54, 1.807) is 0 Å². The first kappa shape index (κ1) is 16.2. The Morgan fingerprint density at radius 2 is 2.11 bits per heavy atom. The van der Waals surface area contributed by atoms with Crippen LogP contribution in [0.25, 0.3) is 0 Å². The molecule has 1 rings (SSSR count). The van der Waals surface area contributed by atoms with E-state index in [9.17, 15) is 4.79 Å². The van der Waals surface area contributed by atoms with Crippen molar-refractivity contribution >= 4 is 21.8 Å². The summed E-state index contributed by atoms with van der Waals surface area (Å²) < 4.78 is 1.03.